The maximum Gasteiger partial charge on any atom is 0.242 e. The van der Waals surface area contributed by atoms with E-state index in [0.29, 0.717) is 12.4 Å². The minimum Gasteiger partial charge on any atom is -0.370 e. The van der Waals surface area contributed by atoms with Crippen molar-refractivity contribution in [1.29, 1.82) is 0 Å². The Bertz CT molecular complexity index is 382. The van der Waals surface area contributed by atoms with Crippen molar-refractivity contribution >= 4 is 17.5 Å². The van der Waals surface area contributed by atoms with Crippen LogP contribution in [0.1, 0.15) is 27.2 Å². The molecule has 0 aliphatic heterocycles. The van der Waals surface area contributed by atoms with Crippen molar-refractivity contribution in [1.82, 2.24) is 15.3 Å². The molecule has 0 radical (unpaired) electrons. The lowest BCUT2D eigenvalue weighted by molar-refractivity contribution is -0.121. The van der Waals surface area contributed by atoms with Crippen LogP contribution in [0.25, 0.3) is 0 Å². The molecule has 1 rings (SSSR count). The highest BCUT2D eigenvalue weighted by Crippen LogP contribution is 2.09. The first kappa shape index (κ1) is 14.2. The quantitative estimate of drug-likeness (QED) is 0.679. The number of amides is 1. The summed E-state index contributed by atoms with van der Waals surface area (Å²) in [5, 5.41) is 8.97. The first-order valence-electron chi connectivity index (χ1n) is 6.27. The lowest BCUT2D eigenvalue weighted by Gasteiger charge is -2.14. The van der Waals surface area contributed by atoms with Gasteiger partial charge in [-0.15, -0.1) is 0 Å². The molecule has 0 saturated carbocycles. The standard InChI is InChI=1S/C12H21N5O/c1-4-6-14-12(18)9(3)17-11-7-10(13-5-2)15-8-16-11/h7-9H,4-6H2,1-3H3,(H,14,18)(H2,13,15,16,17). The van der Waals surface area contributed by atoms with Crippen LogP contribution < -0.4 is 16.0 Å². The summed E-state index contributed by atoms with van der Waals surface area (Å²) in [4.78, 5) is 19.8. The topological polar surface area (TPSA) is 78.9 Å². The normalized spacial score (nSPS) is 11.7. The van der Waals surface area contributed by atoms with Crippen LogP contribution in [0.4, 0.5) is 11.6 Å². The molecule has 0 bridgehead atoms. The third kappa shape index (κ3) is 4.57. The van der Waals surface area contributed by atoms with Gasteiger partial charge in [0.05, 0.1) is 0 Å². The maximum atomic E-state index is 11.7. The Kier molecular flexibility index (Phi) is 5.90. The Balaban J connectivity index is 2.55. The third-order valence-corrected chi connectivity index (χ3v) is 2.33. The molecule has 100 valence electrons. The van der Waals surface area contributed by atoms with E-state index in [9.17, 15) is 4.79 Å². The van der Waals surface area contributed by atoms with E-state index < -0.39 is 0 Å². The van der Waals surface area contributed by atoms with Crippen molar-refractivity contribution in [2.75, 3.05) is 23.7 Å². The van der Waals surface area contributed by atoms with Crippen LogP contribution in [-0.4, -0.2) is 35.0 Å². The van der Waals surface area contributed by atoms with Gasteiger partial charge in [-0.1, -0.05) is 6.92 Å². The SMILES string of the molecule is CCCNC(=O)C(C)Nc1cc(NCC)ncn1. The summed E-state index contributed by atoms with van der Waals surface area (Å²) < 4.78 is 0. The van der Waals surface area contributed by atoms with Crippen LogP contribution >= 0.6 is 0 Å². The van der Waals surface area contributed by atoms with E-state index in [1.54, 1.807) is 13.0 Å². The molecule has 0 fully saturated rings. The summed E-state index contributed by atoms with van der Waals surface area (Å²) in [5.41, 5.74) is 0. The van der Waals surface area contributed by atoms with Gasteiger partial charge >= 0.3 is 0 Å². The van der Waals surface area contributed by atoms with Gasteiger partial charge in [0.1, 0.15) is 24.0 Å². The molecule has 0 aliphatic carbocycles. The minimum atomic E-state index is -0.319. The monoisotopic (exact) mass is 251 g/mol. The number of anilines is 2. The third-order valence-electron chi connectivity index (χ3n) is 2.33. The fourth-order valence-corrected chi connectivity index (χ4v) is 1.40. The number of nitrogens with zero attached hydrogens (tertiary/aromatic N) is 2. The molecule has 1 atom stereocenters. The molecule has 0 saturated heterocycles. The van der Waals surface area contributed by atoms with Crippen LogP contribution in [0, 0.1) is 0 Å². The van der Waals surface area contributed by atoms with E-state index in [1.165, 1.54) is 6.33 Å². The smallest absolute Gasteiger partial charge is 0.242 e. The number of carbonyl (C=O) groups is 1. The average Bonchev–Trinajstić information content (AvgIpc) is 2.36. The van der Waals surface area contributed by atoms with Crippen molar-refractivity contribution in [2.24, 2.45) is 0 Å². The second-order valence-electron chi connectivity index (χ2n) is 3.98. The molecule has 1 amide bonds. The molecule has 1 aromatic rings. The maximum absolute atomic E-state index is 11.7. The summed E-state index contributed by atoms with van der Waals surface area (Å²) >= 11 is 0. The summed E-state index contributed by atoms with van der Waals surface area (Å²) in [6.45, 7) is 7.31. The summed E-state index contributed by atoms with van der Waals surface area (Å²) in [6, 6.07) is 1.47. The van der Waals surface area contributed by atoms with Crippen LogP contribution in [-0.2, 0) is 4.79 Å². The largest absolute Gasteiger partial charge is 0.370 e. The summed E-state index contributed by atoms with van der Waals surface area (Å²) in [7, 11) is 0. The number of aromatic nitrogens is 2. The molecule has 6 nitrogen and oxygen atoms in total. The Morgan fingerprint density at radius 2 is 2.06 bits per heavy atom. The molecule has 0 aliphatic rings. The van der Waals surface area contributed by atoms with Gasteiger partial charge in [-0.3, -0.25) is 4.79 Å². The van der Waals surface area contributed by atoms with Gasteiger partial charge in [0, 0.05) is 19.2 Å². The Hall–Kier alpha value is -1.85. The summed E-state index contributed by atoms with van der Waals surface area (Å²) in [6.07, 6.45) is 2.40. The van der Waals surface area contributed by atoms with Gasteiger partial charge in [-0.2, -0.15) is 0 Å². The molecule has 6 heteroatoms. The first-order valence-corrected chi connectivity index (χ1v) is 6.27. The predicted molar refractivity (Wildman–Crippen MR) is 72.6 cm³/mol. The molecular weight excluding hydrogens is 230 g/mol. The van der Waals surface area contributed by atoms with Crippen molar-refractivity contribution in [3.05, 3.63) is 12.4 Å². The number of rotatable bonds is 7. The fourth-order valence-electron chi connectivity index (χ4n) is 1.40. The van der Waals surface area contributed by atoms with Gasteiger partial charge in [0.15, 0.2) is 0 Å². The van der Waals surface area contributed by atoms with Gasteiger partial charge in [-0.05, 0) is 20.3 Å². The van der Waals surface area contributed by atoms with E-state index in [0.717, 1.165) is 18.8 Å². The molecule has 18 heavy (non-hydrogen) atoms. The zero-order chi connectivity index (χ0) is 13.4. The van der Waals surface area contributed by atoms with Crippen molar-refractivity contribution in [3.63, 3.8) is 0 Å². The number of hydrogen-bond acceptors (Lipinski definition) is 5. The highest BCUT2D eigenvalue weighted by atomic mass is 16.2. The fraction of sp³-hybridized carbons (Fsp3) is 0.583. The number of carbonyl (C=O) groups excluding carboxylic acids is 1. The molecule has 1 heterocycles. The van der Waals surface area contributed by atoms with Crippen LogP contribution in [0.3, 0.4) is 0 Å². The Morgan fingerprint density at radius 1 is 1.33 bits per heavy atom. The zero-order valence-corrected chi connectivity index (χ0v) is 11.2. The molecule has 1 unspecified atom stereocenters. The van der Waals surface area contributed by atoms with Crippen LogP contribution in [0.2, 0.25) is 0 Å². The lowest BCUT2D eigenvalue weighted by atomic mass is 10.3. The second-order valence-corrected chi connectivity index (χ2v) is 3.98. The molecular formula is C12H21N5O. The van der Waals surface area contributed by atoms with Crippen LogP contribution in [0.15, 0.2) is 12.4 Å². The number of hydrogen-bond donors (Lipinski definition) is 3. The molecule has 3 N–H and O–H groups in total. The predicted octanol–water partition coefficient (Wildman–Crippen LogP) is 1.23. The lowest BCUT2D eigenvalue weighted by Crippen LogP contribution is -2.38. The Labute approximate surface area is 108 Å². The highest BCUT2D eigenvalue weighted by molar-refractivity contribution is 5.83. The van der Waals surface area contributed by atoms with E-state index in [1.807, 2.05) is 13.8 Å². The van der Waals surface area contributed by atoms with Crippen molar-refractivity contribution < 1.29 is 4.79 Å². The van der Waals surface area contributed by atoms with Gasteiger partial charge < -0.3 is 16.0 Å². The van der Waals surface area contributed by atoms with Crippen molar-refractivity contribution in [3.8, 4) is 0 Å². The number of nitrogens with one attached hydrogen (secondary N) is 3. The van der Waals surface area contributed by atoms with Crippen molar-refractivity contribution in [2.45, 2.75) is 33.2 Å². The van der Waals surface area contributed by atoms with Gasteiger partial charge in [0.25, 0.3) is 0 Å². The van der Waals surface area contributed by atoms with Gasteiger partial charge in [0.2, 0.25) is 5.91 Å². The average molecular weight is 251 g/mol. The van der Waals surface area contributed by atoms with Gasteiger partial charge in [-0.25, -0.2) is 9.97 Å². The molecule has 1 aromatic heterocycles. The zero-order valence-electron chi connectivity index (χ0n) is 11.2. The molecule has 0 spiro atoms. The van der Waals surface area contributed by atoms with E-state index in [4.69, 9.17) is 0 Å². The highest BCUT2D eigenvalue weighted by Gasteiger charge is 2.12. The molecule has 0 aromatic carbocycles. The minimum absolute atomic E-state index is 0.0273. The van der Waals surface area contributed by atoms with E-state index in [-0.39, 0.29) is 11.9 Å². The summed E-state index contributed by atoms with van der Waals surface area (Å²) in [5.74, 6) is 1.36. The second kappa shape index (κ2) is 7.47. The Morgan fingerprint density at radius 3 is 2.72 bits per heavy atom. The first-order chi connectivity index (χ1) is 8.67. The van der Waals surface area contributed by atoms with Crippen LogP contribution in [0.5, 0.6) is 0 Å². The van der Waals surface area contributed by atoms with E-state index >= 15 is 0 Å². The van der Waals surface area contributed by atoms with E-state index in [2.05, 4.69) is 25.9 Å².